The average Bonchev–Trinajstić information content (AvgIpc) is 2.97. The van der Waals surface area contributed by atoms with Crippen molar-refractivity contribution in [1.29, 1.82) is 0 Å². The van der Waals surface area contributed by atoms with Crippen molar-refractivity contribution in [3.05, 3.63) is 87.4 Å². The molecule has 0 fully saturated rings. The van der Waals surface area contributed by atoms with Crippen LogP contribution in [0, 0.1) is 19.7 Å². The number of halogens is 1. The van der Waals surface area contributed by atoms with Gasteiger partial charge in [0, 0.05) is 17.0 Å². The molecule has 0 atom stereocenters. The van der Waals surface area contributed by atoms with Crippen LogP contribution in [0.25, 0.3) is 11.1 Å². The molecule has 0 aliphatic heterocycles. The van der Waals surface area contributed by atoms with Crippen molar-refractivity contribution in [2.45, 2.75) is 20.4 Å². The maximum Gasteiger partial charge on any atom is 0.420 e. The molecule has 0 unspecified atom stereocenters. The van der Waals surface area contributed by atoms with Gasteiger partial charge < -0.3 is 4.42 Å². The van der Waals surface area contributed by atoms with Crippen molar-refractivity contribution in [2.24, 2.45) is 0 Å². The summed E-state index contributed by atoms with van der Waals surface area (Å²) in [6.45, 7) is 3.82. The fourth-order valence-corrected chi connectivity index (χ4v) is 3.08. The molecular weight excluding hydrogens is 375 g/mol. The van der Waals surface area contributed by atoms with E-state index < -0.39 is 11.7 Å². The smallest absolute Gasteiger partial charge is 0.408 e. The minimum Gasteiger partial charge on any atom is -0.408 e. The van der Waals surface area contributed by atoms with Gasteiger partial charge in [0.05, 0.1) is 12.1 Å². The molecule has 0 saturated carbocycles. The van der Waals surface area contributed by atoms with Gasteiger partial charge in [-0.05, 0) is 55.8 Å². The number of benzene rings is 2. The minimum absolute atomic E-state index is 0.192. The van der Waals surface area contributed by atoms with Crippen molar-refractivity contribution < 1.29 is 13.6 Å². The number of hydrogen-bond donors (Lipinski definition) is 1. The predicted octanol–water partition coefficient (Wildman–Crippen LogP) is 3.44. The minimum atomic E-state index is -0.556. The first kappa shape index (κ1) is 18.5. The number of rotatable bonds is 4. The summed E-state index contributed by atoms with van der Waals surface area (Å²) in [5.41, 5.74) is 3.37. The van der Waals surface area contributed by atoms with Crippen LogP contribution < -0.4 is 11.1 Å². The van der Waals surface area contributed by atoms with Crippen molar-refractivity contribution in [2.75, 3.05) is 5.32 Å². The molecule has 0 aliphatic rings. The second kappa shape index (κ2) is 7.31. The first-order chi connectivity index (χ1) is 13.9. The quantitative estimate of drug-likeness (QED) is 0.575. The molecule has 2 aromatic carbocycles. The predicted molar refractivity (Wildman–Crippen MR) is 105 cm³/mol. The summed E-state index contributed by atoms with van der Waals surface area (Å²) in [5, 5.41) is 2.67. The van der Waals surface area contributed by atoms with Gasteiger partial charge in [-0.15, -0.1) is 0 Å². The summed E-state index contributed by atoms with van der Waals surface area (Å²) in [6.07, 6.45) is 0. The van der Waals surface area contributed by atoms with E-state index in [1.165, 1.54) is 16.7 Å². The third kappa shape index (κ3) is 3.91. The summed E-state index contributed by atoms with van der Waals surface area (Å²) in [6, 6.07) is 12.3. The molecule has 0 saturated heterocycles. The Morgan fingerprint density at radius 2 is 1.76 bits per heavy atom. The highest BCUT2D eigenvalue weighted by Gasteiger charge is 2.15. The number of hydrogen-bond acceptors (Lipinski definition) is 5. The topological polar surface area (TPSA) is 90.0 Å². The van der Waals surface area contributed by atoms with Gasteiger partial charge in [0.1, 0.15) is 5.82 Å². The van der Waals surface area contributed by atoms with E-state index in [4.69, 9.17) is 4.42 Å². The van der Waals surface area contributed by atoms with Crippen LogP contribution in [-0.2, 0) is 6.54 Å². The maximum absolute atomic E-state index is 13.1. The van der Waals surface area contributed by atoms with Crippen molar-refractivity contribution in [3.8, 4) is 0 Å². The molecule has 2 aromatic heterocycles. The lowest BCUT2D eigenvalue weighted by Crippen LogP contribution is -2.16. The van der Waals surface area contributed by atoms with Gasteiger partial charge in [0.15, 0.2) is 5.58 Å². The molecular formula is C21H17FN4O3. The Morgan fingerprint density at radius 3 is 2.45 bits per heavy atom. The number of carbonyl (C=O) groups excluding carboxylic acids is 1. The van der Waals surface area contributed by atoms with Crippen LogP contribution in [-0.4, -0.2) is 20.4 Å². The molecule has 29 heavy (non-hydrogen) atoms. The van der Waals surface area contributed by atoms with Gasteiger partial charge in [0.2, 0.25) is 5.95 Å². The van der Waals surface area contributed by atoms with Gasteiger partial charge in [-0.25, -0.2) is 19.2 Å². The second-order valence-corrected chi connectivity index (χ2v) is 6.69. The molecule has 4 rings (SSSR count). The lowest BCUT2D eigenvalue weighted by molar-refractivity contribution is 0.102. The van der Waals surface area contributed by atoms with Crippen LogP contribution in [0.5, 0.6) is 0 Å². The lowest BCUT2D eigenvalue weighted by atomic mass is 10.1. The van der Waals surface area contributed by atoms with Gasteiger partial charge in [-0.1, -0.05) is 12.1 Å². The monoisotopic (exact) mass is 392 g/mol. The Kier molecular flexibility index (Phi) is 4.67. The lowest BCUT2D eigenvalue weighted by Gasteiger charge is -2.07. The number of fused-ring (bicyclic) bond motifs is 1. The van der Waals surface area contributed by atoms with Crippen LogP contribution in [0.2, 0.25) is 0 Å². The summed E-state index contributed by atoms with van der Waals surface area (Å²) in [4.78, 5) is 33.3. The molecule has 1 amide bonds. The van der Waals surface area contributed by atoms with E-state index in [2.05, 4.69) is 15.3 Å². The van der Waals surface area contributed by atoms with E-state index in [9.17, 15) is 14.0 Å². The van der Waals surface area contributed by atoms with Gasteiger partial charge in [-0.3, -0.25) is 14.7 Å². The average molecular weight is 392 g/mol. The zero-order valence-corrected chi connectivity index (χ0v) is 15.8. The number of nitrogens with zero attached hydrogens (tertiary/aromatic N) is 3. The van der Waals surface area contributed by atoms with Crippen LogP contribution in [0.3, 0.4) is 0 Å². The zero-order valence-electron chi connectivity index (χ0n) is 15.8. The zero-order chi connectivity index (χ0) is 20.5. The first-order valence-corrected chi connectivity index (χ1v) is 8.90. The molecule has 2 heterocycles. The van der Waals surface area contributed by atoms with Crippen LogP contribution >= 0.6 is 0 Å². The van der Waals surface area contributed by atoms with E-state index in [1.807, 2.05) is 13.8 Å². The summed E-state index contributed by atoms with van der Waals surface area (Å²) >= 11 is 0. The third-order valence-electron chi connectivity index (χ3n) is 4.39. The fraction of sp³-hybridized carbons (Fsp3) is 0.143. The fourth-order valence-electron chi connectivity index (χ4n) is 3.08. The largest absolute Gasteiger partial charge is 0.420 e. The molecule has 0 aliphatic carbocycles. The van der Waals surface area contributed by atoms with E-state index >= 15 is 0 Å². The van der Waals surface area contributed by atoms with Crippen LogP contribution in [0.15, 0.2) is 57.7 Å². The van der Waals surface area contributed by atoms with Crippen molar-refractivity contribution in [1.82, 2.24) is 14.5 Å². The van der Waals surface area contributed by atoms with E-state index in [-0.39, 0.29) is 18.3 Å². The van der Waals surface area contributed by atoms with E-state index in [0.29, 0.717) is 16.7 Å². The molecule has 146 valence electrons. The number of aryl methyl sites for hydroxylation is 2. The number of aromatic nitrogens is 3. The standard InChI is InChI=1S/C21H17FN4O3/c1-12-9-13(2)24-20(23-12)25-19(27)15-5-8-18-17(10-15)26(21(28)29-18)11-14-3-6-16(22)7-4-14/h3-10H,11H2,1-2H3,(H,23,24,25,27). The molecule has 0 spiro atoms. The Labute approximate surface area is 164 Å². The summed E-state index contributed by atoms with van der Waals surface area (Å²) < 4.78 is 19.8. The molecule has 1 N–H and O–H groups in total. The van der Waals surface area contributed by atoms with Crippen molar-refractivity contribution >= 4 is 23.0 Å². The molecule has 4 aromatic rings. The Balaban J connectivity index is 1.66. The first-order valence-electron chi connectivity index (χ1n) is 8.90. The van der Waals surface area contributed by atoms with Gasteiger partial charge in [0.25, 0.3) is 5.91 Å². The highest BCUT2D eigenvalue weighted by atomic mass is 19.1. The van der Waals surface area contributed by atoms with Crippen molar-refractivity contribution in [3.63, 3.8) is 0 Å². The number of oxazole rings is 1. The van der Waals surface area contributed by atoms with Gasteiger partial charge >= 0.3 is 5.76 Å². The molecule has 7 nitrogen and oxygen atoms in total. The van der Waals surface area contributed by atoms with Crippen LogP contribution in [0.1, 0.15) is 27.3 Å². The molecule has 8 heteroatoms. The Bertz CT molecular complexity index is 1260. The third-order valence-corrected chi connectivity index (χ3v) is 4.39. The molecule has 0 bridgehead atoms. The summed E-state index contributed by atoms with van der Waals surface area (Å²) in [7, 11) is 0. The van der Waals surface area contributed by atoms with E-state index in [0.717, 1.165) is 17.0 Å². The second-order valence-electron chi connectivity index (χ2n) is 6.69. The highest BCUT2D eigenvalue weighted by molar-refractivity contribution is 6.05. The number of nitrogens with one attached hydrogen (secondary N) is 1. The SMILES string of the molecule is Cc1cc(C)nc(NC(=O)c2ccc3oc(=O)n(Cc4ccc(F)cc4)c3c2)n1. The van der Waals surface area contributed by atoms with Crippen LogP contribution in [0.4, 0.5) is 10.3 Å². The Morgan fingerprint density at radius 1 is 1.07 bits per heavy atom. The highest BCUT2D eigenvalue weighted by Crippen LogP contribution is 2.18. The number of anilines is 1. The van der Waals surface area contributed by atoms with Gasteiger partial charge in [-0.2, -0.15) is 0 Å². The number of carbonyl (C=O) groups is 1. The summed E-state index contributed by atoms with van der Waals surface area (Å²) in [5.74, 6) is -1.10. The normalized spacial score (nSPS) is 11.0. The number of amides is 1. The maximum atomic E-state index is 13.1. The molecule has 0 radical (unpaired) electrons. The Hall–Kier alpha value is -3.81. The van der Waals surface area contributed by atoms with E-state index in [1.54, 1.807) is 36.4 Å².